The first-order valence-electron chi connectivity index (χ1n) is 9.54. The third kappa shape index (κ3) is 5.49. The minimum absolute atomic E-state index is 0.0276. The lowest BCUT2D eigenvalue weighted by Crippen LogP contribution is -2.36. The van der Waals surface area contributed by atoms with Crippen molar-refractivity contribution in [2.24, 2.45) is 0 Å². The van der Waals surface area contributed by atoms with Gasteiger partial charge in [-0.05, 0) is 49.4 Å². The van der Waals surface area contributed by atoms with Gasteiger partial charge in [-0.2, -0.15) is 0 Å². The number of carbonyl (C=O) groups excluding carboxylic acids is 3. The van der Waals surface area contributed by atoms with Crippen molar-refractivity contribution in [3.05, 3.63) is 64.6 Å². The molecule has 3 amide bonds. The highest BCUT2D eigenvalue weighted by atomic mass is 32.2. The number of halogens is 2. The number of hydrogen-bond donors (Lipinski definition) is 1. The van der Waals surface area contributed by atoms with Gasteiger partial charge in [0.2, 0.25) is 5.91 Å². The number of nitrogens with zero attached hydrogens (tertiary/aromatic N) is 1. The van der Waals surface area contributed by atoms with Crippen molar-refractivity contribution < 1.29 is 27.9 Å². The first-order valence-corrected chi connectivity index (χ1v) is 10.4. The summed E-state index contributed by atoms with van der Waals surface area (Å²) in [6, 6.07) is 9.79. The summed E-state index contributed by atoms with van der Waals surface area (Å²) >= 11 is 0.703. The van der Waals surface area contributed by atoms with Crippen LogP contribution in [0.5, 0.6) is 5.75 Å². The van der Waals surface area contributed by atoms with Gasteiger partial charge < -0.3 is 10.1 Å². The molecule has 9 heteroatoms. The summed E-state index contributed by atoms with van der Waals surface area (Å²) in [5.74, 6) is -2.59. The number of rotatable bonds is 7. The Morgan fingerprint density at radius 1 is 1.23 bits per heavy atom. The lowest BCUT2D eigenvalue weighted by molar-refractivity contribution is -0.127. The Kier molecular flexibility index (Phi) is 7.06. The first kappa shape index (κ1) is 22.5. The molecule has 1 fully saturated rings. The zero-order valence-electron chi connectivity index (χ0n) is 16.9. The molecular weight excluding hydrogens is 426 g/mol. The molecule has 31 heavy (non-hydrogen) atoms. The van der Waals surface area contributed by atoms with E-state index in [1.807, 2.05) is 13.8 Å². The minimum Gasteiger partial charge on any atom is -0.490 e. The van der Waals surface area contributed by atoms with Crippen molar-refractivity contribution in [3.63, 3.8) is 0 Å². The highest BCUT2D eigenvalue weighted by Gasteiger charge is 2.36. The number of thioether (sulfide) groups is 1. The molecule has 1 N–H and O–H groups in total. The normalized spacial score (nSPS) is 16.0. The Hall–Kier alpha value is -3.20. The van der Waals surface area contributed by atoms with Crippen molar-refractivity contribution in [2.75, 3.05) is 11.9 Å². The maximum atomic E-state index is 13.7. The van der Waals surface area contributed by atoms with E-state index in [-0.39, 0.29) is 16.7 Å². The monoisotopic (exact) mass is 446 g/mol. The van der Waals surface area contributed by atoms with Crippen molar-refractivity contribution in [3.8, 4) is 5.75 Å². The predicted molar refractivity (Wildman–Crippen MR) is 114 cm³/mol. The van der Waals surface area contributed by atoms with Gasteiger partial charge in [-0.3, -0.25) is 19.3 Å². The summed E-state index contributed by atoms with van der Waals surface area (Å²) in [4.78, 5) is 38.1. The summed E-state index contributed by atoms with van der Waals surface area (Å²) < 4.78 is 32.6. The summed E-state index contributed by atoms with van der Waals surface area (Å²) in [5.41, 5.74) is 0.385. The van der Waals surface area contributed by atoms with Crippen LogP contribution in [0.4, 0.5) is 19.3 Å². The summed E-state index contributed by atoms with van der Waals surface area (Å²) in [5, 5.41) is 1.61. The van der Waals surface area contributed by atoms with Crippen molar-refractivity contribution in [1.82, 2.24) is 4.90 Å². The molecule has 2 aromatic carbocycles. The van der Waals surface area contributed by atoms with E-state index < -0.39 is 35.2 Å². The smallest absolute Gasteiger partial charge is 0.294 e. The lowest BCUT2D eigenvalue weighted by atomic mass is 10.1. The molecule has 2 aromatic rings. The van der Waals surface area contributed by atoms with Gasteiger partial charge in [0.15, 0.2) is 0 Å². The van der Waals surface area contributed by atoms with Gasteiger partial charge in [0.25, 0.3) is 11.1 Å². The predicted octanol–water partition coefficient (Wildman–Crippen LogP) is 4.82. The number of para-hydroxylation sites is 1. The fraction of sp³-hybridized carbons (Fsp3) is 0.227. The van der Waals surface area contributed by atoms with Crippen molar-refractivity contribution >= 4 is 40.6 Å². The highest BCUT2D eigenvalue weighted by Crippen LogP contribution is 2.34. The van der Waals surface area contributed by atoms with E-state index in [0.717, 1.165) is 23.5 Å². The van der Waals surface area contributed by atoms with E-state index in [0.29, 0.717) is 29.1 Å². The van der Waals surface area contributed by atoms with E-state index in [1.54, 1.807) is 30.3 Å². The van der Waals surface area contributed by atoms with E-state index in [1.165, 1.54) is 0 Å². The van der Waals surface area contributed by atoms with Crippen LogP contribution in [-0.4, -0.2) is 34.6 Å². The van der Waals surface area contributed by atoms with Gasteiger partial charge in [0, 0.05) is 11.6 Å². The van der Waals surface area contributed by atoms with Gasteiger partial charge >= 0.3 is 0 Å². The number of hydrogen-bond acceptors (Lipinski definition) is 5. The summed E-state index contributed by atoms with van der Waals surface area (Å²) in [7, 11) is 0. The van der Waals surface area contributed by atoms with E-state index in [2.05, 4.69) is 5.32 Å². The zero-order valence-corrected chi connectivity index (χ0v) is 17.7. The SMILES string of the molecule is CC[C@H](C)Oc1ccccc1/C=C1/SC(=O)N(CC(=O)Nc2ccc(F)cc2F)C1=O. The van der Waals surface area contributed by atoms with Crippen LogP contribution in [0.1, 0.15) is 25.8 Å². The number of nitrogens with one attached hydrogen (secondary N) is 1. The Morgan fingerprint density at radius 3 is 2.68 bits per heavy atom. The third-order valence-electron chi connectivity index (χ3n) is 4.49. The lowest BCUT2D eigenvalue weighted by Gasteiger charge is -2.15. The standard InChI is InChI=1S/C22H20F2N2O4S/c1-3-13(2)30-18-7-5-4-6-14(18)10-19-21(28)26(22(29)31-19)12-20(27)25-17-9-8-15(23)11-16(17)24/h4-11,13H,3,12H2,1-2H3,(H,25,27)/b19-10+/t13-/m0/s1. The van der Waals surface area contributed by atoms with E-state index in [4.69, 9.17) is 4.74 Å². The van der Waals surface area contributed by atoms with Crippen LogP contribution < -0.4 is 10.1 Å². The van der Waals surface area contributed by atoms with Crippen LogP contribution in [-0.2, 0) is 9.59 Å². The quantitative estimate of drug-likeness (QED) is 0.618. The minimum atomic E-state index is -0.958. The average Bonchev–Trinajstić information content (AvgIpc) is 2.98. The number of carbonyl (C=O) groups is 3. The fourth-order valence-corrected chi connectivity index (χ4v) is 3.54. The van der Waals surface area contributed by atoms with Crippen LogP contribution in [0.15, 0.2) is 47.4 Å². The van der Waals surface area contributed by atoms with Crippen LogP contribution >= 0.6 is 11.8 Å². The fourth-order valence-electron chi connectivity index (χ4n) is 2.71. The molecule has 0 aromatic heterocycles. The van der Waals surface area contributed by atoms with Gasteiger partial charge in [0.05, 0.1) is 16.7 Å². The molecule has 3 rings (SSSR count). The Labute approximate surface area is 182 Å². The van der Waals surface area contributed by atoms with Crippen LogP contribution in [0.3, 0.4) is 0 Å². The molecule has 0 radical (unpaired) electrons. The second-order valence-corrected chi connectivity index (χ2v) is 7.81. The Bertz CT molecular complexity index is 1060. The van der Waals surface area contributed by atoms with Crippen molar-refractivity contribution in [2.45, 2.75) is 26.4 Å². The zero-order chi connectivity index (χ0) is 22.5. The molecule has 1 aliphatic heterocycles. The third-order valence-corrected chi connectivity index (χ3v) is 5.40. The van der Waals surface area contributed by atoms with Crippen LogP contribution in [0.25, 0.3) is 6.08 Å². The van der Waals surface area contributed by atoms with Crippen molar-refractivity contribution in [1.29, 1.82) is 0 Å². The van der Waals surface area contributed by atoms with Gasteiger partial charge in [0.1, 0.15) is 23.9 Å². The highest BCUT2D eigenvalue weighted by molar-refractivity contribution is 8.18. The maximum absolute atomic E-state index is 13.7. The number of ether oxygens (including phenoxy) is 1. The van der Waals surface area contributed by atoms with Crippen LogP contribution in [0.2, 0.25) is 0 Å². The second-order valence-electron chi connectivity index (χ2n) is 6.81. The number of benzene rings is 2. The molecule has 0 bridgehead atoms. The average molecular weight is 446 g/mol. The second kappa shape index (κ2) is 9.74. The van der Waals surface area contributed by atoms with Crippen LogP contribution in [0, 0.1) is 11.6 Å². The molecule has 0 aliphatic carbocycles. The number of anilines is 1. The van der Waals surface area contributed by atoms with Gasteiger partial charge in [-0.25, -0.2) is 8.78 Å². The summed E-state index contributed by atoms with van der Waals surface area (Å²) in [6.07, 6.45) is 2.31. The van der Waals surface area contributed by atoms with Gasteiger partial charge in [-0.15, -0.1) is 0 Å². The molecule has 162 valence electrons. The molecule has 6 nitrogen and oxygen atoms in total. The molecule has 1 aliphatic rings. The number of imide groups is 1. The molecule has 1 atom stereocenters. The van der Waals surface area contributed by atoms with Gasteiger partial charge in [-0.1, -0.05) is 25.1 Å². The van der Waals surface area contributed by atoms with E-state index >= 15 is 0 Å². The van der Waals surface area contributed by atoms with E-state index in [9.17, 15) is 23.2 Å². The molecule has 0 spiro atoms. The topological polar surface area (TPSA) is 75.7 Å². The first-order chi connectivity index (χ1) is 14.8. The molecule has 1 saturated heterocycles. The maximum Gasteiger partial charge on any atom is 0.294 e. The Balaban J connectivity index is 1.73. The molecule has 1 heterocycles. The number of amides is 3. The Morgan fingerprint density at radius 2 is 1.97 bits per heavy atom. The summed E-state index contributed by atoms with van der Waals surface area (Å²) in [6.45, 7) is 3.32. The molecular formula is C22H20F2N2O4S. The molecule has 0 unspecified atom stereocenters. The largest absolute Gasteiger partial charge is 0.490 e. The molecule has 0 saturated carbocycles.